The fourth-order valence-electron chi connectivity index (χ4n) is 3.60. The van der Waals surface area contributed by atoms with Crippen LogP contribution in [0.4, 0.5) is 0 Å². The van der Waals surface area contributed by atoms with Gasteiger partial charge in [0, 0.05) is 37.8 Å². The number of carbonyl (C=O) groups excluding carboxylic acids is 1. The molecule has 0 aromatic heterocycles. The van der Waals surface area contributed by atoms with Gasteiger partial charge >= 0.3 is 0 Å². The molecule has 0 spiro atoms. The van der Waals surface area contributed by atoms with Crippen LogP contribution in [0, 0.1) is 0 Å². The Labute approximate surface area is 137 Å². The highest BCUT2D eigenvalue weighted by Crippen LogP contribution is 2.21. The number of morpholine rings is 1. The predicted molar refractivity (Wildman–Crippen MR) is 88.3 cm³/mol. The van der Waals surface area contributed by atoms with Gasteiger partial charge in [0.05, 0.1) is 19.3 Å². The van der Waals surface area contributed by atoms with E-state index >= 15 is 0 Å². The summed E-state index contributed by atoms with van der Waals surface area (Å²) in [6.45, 7) is 6.52. The summed E-state index contributed by atoms with van der Waals surface area (Å²) in [5.74, 6) is 0.0779. The monoisotopic (exact) mass is 318 g/mol. The van der Waals surface area contributed by atoms with E-state index < -0.39 is 0 Å². The van der Waals surface area contributed by atoms with Crippen LogP contribution in [0.1, 0.15) is 35.7 Å². The number of carbonyl (C=O) groups is 1. The van der Waals surface area contributed by atoms with Gasteiger partial charge in [-0.15, -0.1) is 0 Å². The molecule has 0 aliphatic carbocycles. The molecule has 1 amide bonds. The van der Waals surface area contributed by atoms with Crippen LogP contribution in [0.5, 0.6) is 0 Å². The van der Waals surface area contributed by atoms with Crippen LogP contribution in [0.2, 0.25) is 0 Å². The lowest BCUT2D eigenvalue weighted by Gasteiger charge is -2.41. The normalized spacial score (nSPS) is 23.9. The van der Waals surface area contributed by atoms with Crippen LogP contribution < -0.4 is 0 Å². The van der Waals surface area contributed by atoms with E-state index in [2.05, 4.69) is 11.8 Å². The molecule has 5 nitrogen and oxygen atoms in total. The Kier molecular flexibility index (Phi) is 5.30. The topological polar surface area (TPSA) is 53.0 Å². The van der Waals surface area contributed by atoms with Crippen molar-refractivity contribution in [2.75, 3.05) is 32.8 Å². The van der Waals surface area contributed by atoms with Gasteiger partial charge in [0.15, 0.2) is 0 Å². The van der Waals surface area contributed by atoms with E-state index in [4.69, 9.17) is 4.74 Å². The molecule has 2 fully saturated rings. The van der Waals surface area contributed by atoms with Crippen molar-refractivity contribution in [2.45, 2.75) is 38.5 Å². The summed E-state index contributed by atoms with van der Waals surface area (Å²) in [4.78, 5) is 17.1. The van der Waals surface area contributed by atoms with Crippen LogP contribution >= 0.6 is 0 Å². The summed E-state index contributed by atoms with van der Waals surface area (Å²) < 4.78 is 5.61. The van der Waals surface area contributed by atoms with Gasteiger partial charge in [0.2, 0.25) is 0 Å². The van der Waals surface area contributed by atoms with Crippen molar-refractivity contribution in [2.24, 2.45) is 0 Å². The van der Waals surface area contributed by atoms with E-state index in [1.807, 2.05) is 23.1 Å². The van der Waals surface area contributed by atoms with Crippen molar-refractivity contribution in [1.29, 1.82) is 0 Å². The smallest absolute Gasteiger partial charge is 0.253 e. The number of aliphatic hydroxyl groups is 1. The number of hydrogen-bond donors (Lipinski definition) is 1. The van der Waals surface area contributed by atoms with Crippen molar-refractivity contribution in [3.63, 3.8) is 0 Å². The highest BCUT2D eigenvalue weighted by Gasteiger charge is 2.29. The third-order valence-corrected chi connectivity index (χ3v) is 4.90. The van der Waals surface area contributed by atoms with Crippen molar-refractivity contribution in [3.05, 3.63) is 35.4 Å². The second kappa shape index (κ2) is 7.43. The van der Waals surface area contributed by atoms with Crippen molar-refractivity contribution in [3.8, 4) is 0 Å². The number of piperidine rings is 1. The summed E-state index contributed by atoms with van der Waals surface area (Å²) >= 11 is 0. The number of rotatable bonds is 3. The Morgan fingerprint density at radius 2 is 2.09 bits per heavy atom. The zero-order valence-electron chi connectivity index (χ0n) is 13.8. The minimum Gasteiger partial charge on any atom is -0.392 e. The first-order valence-electron chi connectivity index (χ1n) is 8.52. The van der Waals surface area contributed by atoms with E-state index in [1.54, 1.807) is 6.07 Å². The van der Waals surface area contributed by atoms with Gasteiger partial charge in [-0.05, 0) is 37.5 Å². The first-order valence-corrected chi connectivity index (χ1v) is 8.52. The number of aliphatic hydroxyl groups excluding tert-OH is 1. The lowest BCUT2D eigenvalue weighted by Crippen LogP contribution is -2.51. The predicted octanol–water partition coefficient (Wildman–Crippen LogP) is 1.50. The molecular formula is C18H26N2O3. The van der Waals surface area contributed by atoms with Gasteiger partial charge in [-0.3, -0.25) is 9.69 Å². The largest absolute Gasteiger partial charge is 0.392 e. The zero-order valence-corrected chi connectivity index (χ0v) is 13.8. The van der Waals surface area contributed by atoms with Gasteiger partial charge < -0.3 is 14.7 Å². The molecule has 2 aliphatic rings. The van der Waals surface area contributed by atoms with E-state index in [1.165, 1.54) is 0 Å². The number of benzene rings is 1. The Bertz CT molecular complexity index is 541. The molecule has 0 saturated carbocycles. The van der Waals surface area contributed by atoms with Crippen molar-refractivity contribution in [1.82, 2.24) is 9.80 Å². The molecule has 0 radical (unpaired) electrons. The molecule has 1 aromatic rings. The van der Waals surface area contributed by atoms with Crippen molar-refractivity contribution >= 4 is 5.91 Å². The summed E-state index contributed by atoms with van der Waals surface area (Å²) in [5, 5.41) is 9.21. The Balaban J connectivity index is 1.56. The quantitative estimate of drug-likeness (QED) is 0.918. The molecule has 2 saturated heterocycles. The summed E-state index contributed by atoms with van der Waals surface area (Å²) in [6, 6.07) is 7.85. The number of amides is 1. The fraction of sp³-hybridized carbons (Fsp3) is 0.611. The summed E-state index contributed by atoms with van der Waals surface area (Å²) in [7, 11) is 0. The number of ether oxygens (including phenoxy) is 1. The average Bonchev–Trinajstić information content (AvgIpc) is 2.61. The van der Waals surface area contributed by atoms with E-state index in [0.29, 0.717) is 17.7 Å². The van der Waals surface area contributed by atoms with Crippen LogP contribution in [0.25, 0.3) is 0 Å². The molecule has 1 N–H and O–H groups in total. The van der Waals surface area contributed by atoms with Gasteiger partial charge in [-0.25, -0.2) is 0 Å². The molecule has 126 valence electrons. The molecule has 3 rings (SSSR count). The van der Waals surface area contributed by atoms with Gasteiger partial charge in [-0.2, -0.15) is 0 Å². The fourth-order valence-corrected chi connectivity index (χ4v) is 3.60. The van der Waals surface area contributed by atoms with Crippen LogP contribution in [0.15, 0.2) is 24.3 Å². The Morgan fingerprint density at radius 3 is 2.78 bits per heavy atom. The minimum atomic E-state index is -0.0294. The molecule has 23 heavy (non-hydrogen) atoms. The first-order chi connectivity index (χ1) is 11.2. The molecular weight excluding hydrogens is 292 g/mol. The van der Waals surface area contributed by atoms with E-state index in [9.17, 15) is 9.90 Å². The first kappa shape index (κ1) is 16.4. The number of nitrogens with zero attached hydrogens (tertiary/aromatic N) is 2. The molecule has 5 heteroatoms. The van der Waals surface area contributed by atoms with Crippen molar-refractivity contribution < 1.29 is 14.6 Å². The maximum atomic E-state index is 12.6. The third kappa shape index (κ3) is 3.91. The maximum Gasteiger partial charge on any atom is 0.253 e. The Morgan fingerprint density at radius 1 is 1.30 bits per heavy atom. The highest BCUT2D eigenvalue weighted by atomic mass is 16.5. The molecule has 2 aliphatic heterocycles. The van der Waals surface area contributed by atoms with Gasteiger partial charge in [-0.1, -0.05) is 12.1 Å². The van der Waals surface area contributed by atoms with E-state index in [-0.39, 0.29) is 12.5 Å². The van der Waals surface area contributed by atoms with Crippen LogP contribution in [-0.4, -0.2) is 65.7 Å². The standard InChI is InChI=1S/C18H26N2O3/c1-14-12-20(9-10-23-14)17-5-7-19(8-6-17)18(22)16-4-2-3-15(11-16)13-21/h2-4,11,14,17,21H,5-10,12-13H2,1H3. The molecule has 2 heterocycles. The number of likely N-dealkylation sites (tertiary alicyclic amines) is 1. The van der Waals surface area contributed by atoms with E-state index in [0.717, 1.165) is 51.2 Å². The average molecular weight is 318 g/mol. The summed E-state index contributed by atoms with van der Waals surface area (Å²) in [6.07, 6.45) is 2.36. The molecule has 1 atom stereocenters. The SMILES string of the molecule is CC1CN(C2CCN(C(=O)c3cccc(CO)c3)CC2)CCO1. The lowest BCUT2D eigenvalue weighted by molar-refractivity contribution is -0.0423. The minimum absolute atomic E-state index is 0.0294. The van der Waals surface area contributed by atoms with Gasteiger partial charge in [0.1, 0.15) is 0 Å². The highest BCUT2D eigenvalue weighted by molar-refractivity contribution is 5.94. The van der Waals surface area contributed by atoms with Gasteiger partial charge in [0.25, 0.3) is 5.91 Å². The number of hydrogen-bond acceptors (Lipinski definition) is 4. The zero-order chi connectivity index (χ0) is 16.2. The third-order valence-electron chi connectivity index (χ3n) is 4.90. The maximum absolute atomic E-state index is 12.6. The van der Waals surface area contributed by atoms with Crippen LogP contribution in [0.3, 0.4) is 0 Å². The second-order valence-corrected chi connectivity index (χ2v) is 6.56. The second-order valence-electron chi connectivity index (χ2n) is 6.56. The molecule has 0 bridgehead atoms. The lowest BCUT2D eigenvalue weighted by atomic mass is 10.0. The molecule has 1 aromatic carbocycles. The summed E-state index contributed by atoms with van der Waals surface area (Å²) in [5.41, 5.74) is 1.46. The Hall–Kier alpha value is -1.43. The van der Waals surface area contributed by atoms with Crippen LogP contribution in [-0.2, 0) is 11.3 Å². The molecule has 1 unspecified atom stereocenters.